The summed E-state index contributed by atoms with van der Waals surface area (Å²) >= 11 is 0. The SMILES string of the molecule is COc1cc(NC(=O)c2ccccc2)c(OC)cc1NC(=O)CC[C@@H]1Cc2ccccc2NC1=O. The van der Waals surface area contributed by atoms with Gasteiger partial charge in [0.2, 0.25) is 11.8 Å². The maximum Gasteiger partial charge on any atom is 0.255 e. The predicted molar refractivity (Wildman–Crippen MR) is 134 cm³/mol. The molecule has 8 heteroatoms. The smallest absolute Gasteiger partial charge is 0.255 e. The zero-order chi connectivity index (χ0) is 24.8. The maximum absolute atomic E-state index is 12.7. The van der Waals surface area contributed by atoms with Crippen LogP contribution >= 0.6 is 0 Å². The number of amides is 3. The molecule has 0 fully saturated rings. The summed E-state index contributed by atoms with van der Waals surface area (Å²) in [5, 5.41) is 8.56. The summed E-state index contributed by atoms with van der Waals surface area (Å²) in [6, 6.07) is 19.7. The van der Waals surface area contributed by atoms with Gasteiger partial charge >= 0.3 is 0 Å². The van der Waals surface area contributed by atoms with Gasteiger partial charge in [-0.25, -0.2) is 0 Å². The molecule has 3 amide bonds. The molecular weight excluding hydrogens is 446 g/mol. The van der Waals surface area contributed by atoms with Crippen LogP contribution < -0.4 is 25.4 Å². The Hall–Kier alpha value is -4.33. The van der Waals surface area contributed by atoms with Crippen molar-refractivity contribution in [3.63, 3.8) is 0 Å². The van der Waals surface area contributed by atoms with E-state index in [0.29, 0.717) is 41.3 Å². The molecule has 8 nitrogen and oxygen atoms in total. The molecule has 0 aliphatic carbocycles. The van der Waals surface area contributed by atoms with Gasteiger partial charge in [-0.3, -0.25) is 14.4 Å². The highest BCUT2D eigenvalue weighted by atomic mass is 16.5. The molecule has 0 unspecified atom stereocenters. The van der Waals surface area contributed by atoms with Crippen LogP contribution in [0.5, 0.6) is 11.5 Å². The molecule has 1 aliphatic rings. The minimum Gasteiger partial charge on any atom is -0.494 e. The molecule has 0 radical (unpaired) electrons. The molecule has 0 saturated carbocycles. The highest BCUT2D eigenvalue weighted by molar-refractivity contribution is 6.05. The molecule has 35 heavy (non-hydrogen) atoms. The fraction of sp³-hybridized carbons (Fsp3) is 0.222. The number of hydrogen-bond donors (Lipinski definition) is 3. The first-order valence-electron chi connectivity index (χ1n) is 11.3. The molecule has 3 N–H and O–H groups in total. The number of rotatable bonds is 8. The molecule has 3 aromatic carbocycles. The summed E-state index contributed by atoms with van der Waals surface area (Å²) in [5.74, 6) is -0.162. The quantitative estimate of drug-likeness (QED) is 0.447. The van der Waals surface area contributed by atoms with E-state index in [4.69, 9.17) is 9.47 Å². The van der Waals surface area contributed by atoms with E-state index in [0.717, 1.165) is 11.3 Å². The highest BCUT2D eigenvalue weighted by Gasteiger charge is 2.26. The lowest BCUT2D eigenvalue weighted by molar-refractivity contribution is -0.121. The number of nitrogens with one attached hydrogen (secondary N) is 3. The largest absolute Gasteiger partial charge is 0.494 e. The molecule has 0 spiro atoms. The molecule has 4 rings (SSSR count). The zero-order valence-corrected chi connectivity index (χ0v) is 19.6. The van der Waals surface area contributed by atoms with Gasteiger partial charge in [-0.2, -0.15) is 0 Å². The Morgan fingerprint density at radius 1 is 0.914 bits per heavy atom. The molecule has 1 atom stereocenters. The van der Waals surface area contributed by atoms with Crippen LogP contribution in [0.3, 0.4) is 0 Å². The van der Waals surface area contributed by atoms with Gasteiger partial charge in [-0.05, 0) is 36.6 Å². The van der Waals surface area contributed by atoms with Crippen molar-refractivity contribution >= 4 is 34.8 Å². The summed E-state index contributed by atoms with van der Waals surface area (Å²) in [6.45, 7) is 0. The lowest BCUT2D eigenvalue weighted by atomic mass is 9.89. The van der Waals surface area contributed by atoms with Gasteiger partial charge in [0.15, 0.2) is 0 Å². The van der Waals surface area contributed by atoms with Crippen molar-refractivity contribution < 1.29 is 23.9 Å². The Bertz CT molecular complexity index is 1240. The molecule has 3 aromatic rings. The van der Waals surface area contributed by atoms with Crippen molar-refractivity contribution in [2.45, 2.75) is 19.3 Å². The van der Waals surface area contributed by atoms with Crippen LogP contribution in [0.25, 0.3) is 0 Å². The summed E-state index contributed by atoms with van der Waals surface area (Å²) in [5.41, 5.74) is 3.21. The number of carbonyl (C=O) groups is 3. The minimum atomic E-state index is -0.296. The lowest BCUT2D eigenvalue weighted by Gasteiger charge is -2.24. The fourth-order valence-corrected chi connectivity index (χ4v) is 4.04. The average molecular weight is 474 g/mol. The van der Waals surface area contributed by atoms with E-state index in [1.807, 2.05) is 30.3 Å². The summed E-state index contributed by atoms with van der Waals surface area (Å²) in [7, 11) is 2.95. The van der Waals surface area contributed by atoms with Gasteiger partial charge < -0.3 is 25.4 Å². The molecule has 180 valence electrons. The van der Waals surface area contributed by atoms with Crippen LogP contribution in [0.2, 0.25) is 0 Å². The Kier molecular flexibility index (Phi) is 7.30. The van der Waals surface area contributed by atoms with Gasteiger partial charge in [-0.15, -0.1) is 0 Å². The van der Waals surface area contributed by atoms with E-state index in [1.54, 1.807) is 36.4 Å². The van der Waals surface area contributed by atoms with Crippen LogP contribution in [0.15, 0.2) is 66.7 Å². The van der Waals surface area contributed by atoms with E-state index in [2.05, 4.69) is 16.0 Å². The second-order valence-electron chi connectivity index (χ2n) is 8.21. The first kappa shape index (κ1) is 23.8. The number of ether oxygens (including phenoxy) is 2. The van der Waals surface area contributed by atoms with Gasteiger partial charge in [0, 0.05) is 35.7 Å². The van der Waals surface area contributed by atoms with E-state index >= 15 is 0 Å². The molecule has 1 heterocycles. The highest BCUT2D eigenvalue weighted by Crippen LogP contribution is 2.37. The van der Waals surface area contributed by atoms with Gasteiger partial charge in [-0.1, -0.05) is 36.4 Å². The first-order chi connectivity index (χ1) is 17.0. The van der Waals surface area contributed by atoms with Crippen LogP contribution in [-0.2, 0) is 16.0 Å². The second-order valence-corrected chi connectivity index (χ2v) is 8.21. The van der Waals surface area contributed by atoms with Crippen molar-refractivity contribution in [2.75, 3.05) is 30.2 Å². The Labute approximate surface area is 203 Å². The lowest BCUT2D eigenvalue weighted by Crippen LogP contribution is -2.30. The van der Waals surface area contributed by atoms with Gasteiger partial charge in [0.1, 0.15) is 11.5 Å². The molecule has 0 aromatic heterocycles. The Morgan fingerprint density at radius 2 is 1.54 bits per heavy atom. The van der Waals surface area contributed by atoms with Crippen molar-refractivity contribution in [2.24, 2.45) is 5.92 Å². The topological polar surface area (TPSA) is 106 Å². The first-order valence-corrected chi connectivity index (χ1v) is 11.3. The number of hydrogen-bond acceptors (Lipinski definition) is 5. The summed E-state index contributed by atoms with van der Waals surface area (Å²) in [4.78, 5) is 37.7. The van der Waals surface area contributed by atoms with Crippen molar-refractivity contribution in [1.82, 2.24) is 0 Å². The Morgan fingerprint density at radius 3 is 2.23 bits per heavy atom. The zero-order valence-electron chi connectivity index (χ0n) is 19.6. The number of methoxy groups -OCH3 is 2. The van der Waals surface area contributed by atoms with Gasteiger partial charge in [0.25, 0.3) is 5.91 Å². The third-order valence-corrected chi connectivity index (χ3v) is 5.91. The van der Waals surface area contributed by atoms with E-state index < -0.39 is 0 Å². The van der Waals surface area contributed by atoms with Crippen LogP contribution in [0.4, 0.5) is 17.1 Å². The number of fused-ring (bicyclic) bond motifs is 1. The number of anilines is 3. The molecular formula is C27H27N3O5. The normalized spacial score (nSPS) is 14.3. The van der Waals surface area contributed by atoms with E-state index in [1.165, 1.54) is 14.2 Å². The molecule has 1 aliphatic heterocycles. The van der Waals surface area contributed by atoms with Crippen LogP contribution in [0.1, 0.15) is 28.8 Å². The van der Waals surface area contributed by atoms with E-state index in [9.17, 15) is 14.4 Å². The van der Waals surface area contributed by atoms with Crippen LogP contribution in [-0.4, -0.2) is 31.9 Å². The summed E-state index contributed by atoms with van der Waals surface area (Å²) in [6.07, 6.45) is 1.18. The van der Waals surface area contributed by atoms with Crippen molar-refractivity contribution in [3.05, 3.63) is 77.9 Å². The predicted octanol–water partition coefficient (Wildman–Crippen LogP) is 4.49. The monoisotopic (exact) mass is 473 g/mol. The van der Waals surface area contributed by atoms with E-state index in [-0.39, 0.29) is 30.1 Å². The number of carbonyl (C=O) groups excluding carboxylic acids is 3. The van der Waals surface area contributed by atoms with Crippen LogP contribution in [0, 0.1) is 5.92 Å². The van der Waals surface area contributed by atoms with Crippen molar-refractivity contribution in [3.8, 4) is 11.5 Å². The third-order valence-electron chi connectivity index (χ3n) is 5.91. The second kappa shape index (κ2) is 10.7. The number of benzene rings is 3. The van der Waals surface area contributed by atoms with Gasteiger partial charge in [0.05, 0.1) is 25.6 Å². The molecule has 0 saturated heterocycles. The Balaban J connectivity index is 1.42. The fourth-order valence-electron chi connectivity index (χ4n) is 4.04. The van der Waals surface area contributed by atoms with Crippen molar-refractivity contribution in [1.29, 1.82) is 0 Å². The summed E-state index contributed by atoms with van der Waals surface area (Å²) < 4.78 is 10.9. The standard InChI is InChI=1S/C27H27N3O5/c1-34-23-16-22(30-26(32)17-8-4-3-5-9-17)24(35-2)15-21(23)28-25(31)13-12-19-14-18-10-6-7-11-20(18)29-27(19)33/h3-11,15-16,19H,12-14H2,1-2H3,(H,28,31)(H,29,33)(H,30,32)/t19-/m1/s1. The maximum atomic E-state index is 12.7. The third kappa shape index (κ3) is 5.60. The molecule has 0 bridgehead atoms. The number of para-hydroxylation sites is 1. The average Bonchev–Trinajstić information content (AvgIpc) is 2.88. The minimum absolute atomic E-state index is 0.0748.